The zero-order chi connectivity index (χ0) is 14.2. The maximum absolute atomic E-state index is 12.8. The predicted molar refractivity (Wildman–Crippen MR) is 75.2 cm³/mol. The van der Waals surface area contributed by atoms with Crippen LogP contribution in [0.5, 0.6) is 0 Å². The number of piperazine rings is 1. The van der Waals surface area contributed by atoms with Crippen LogP contribution < -0.4 is 0 Å². The SMILES string of the molecule is O=S(=O)(C1CC1)N1CCN(Cc2ccc(F)cc2)CC1. The van der Waals surface area contributed by atoms with Gasteiger partial charge in [0.2, 0.25) is 10.0 Å². The van der Waals surface area contributed by atoms with Crippen molar-refractivity contribution in [3.8, 4) is 0 Å². The monoisotopic (exact) mass is 298 g/mol. The Labute approximate surface area is 119 Å². The van der Waals surface area contributed by atoms with E-state index in [1.807, 2.05) is 0 Å². The standard InChI is InChI=1S/C14H19FN2O2S/c15-13-3-1-12(2-4-13)11-16-7-9-17(10-8-16)20(18,19)14-5-6-14/h1-4,14H,5-11H2. The summed E-state index contributed by atoms with van der Waals surface area (Å²) in [7, 11) is -3.03. The number of rotatable bonds is 4. The second kappa shape index (κ2) is 5.42. The minimum Gasteiger partial charge on any atom is -0.296 e. The third kappa shape index (κ3) is 3.02. The van der Waals surface area contributed by atoms with E-state index in [2.05, 4.69) is 4.90 Å². The fourth-order valence-corrected chi connectivity index (χ4v) is 4.39. The Morgan fingerprint density at radius 2 is 1.65 bits per heavy atom. The molecule has 0 aromatic heterocycles. The first-order valence-electron chi connectivity index (χ1n) is 7.01. The lowest BCUT2D eigenvalue weighted by Crippen LogP contribution is -2.49. The van der Waals surface area contributed by atoms with Crippen molar-refractivity contribution in [2.75, 3.05) is 26.2 Å². The Balaban J connectivity index is 1.54. The molecule has 2 fully saturated rings. The van der Waals surface area contributed by atoms with Gasteiger partial charge in [-0.2, -0.15) is 4.31 Å². The van der Waals surface area contributed by atoms with E-state index in [1.165, 1.54) is 12.1 Å². The molecule has 4 nitrogen and oxygen atoms in total. The molecule has 1 saturated heterocycles. The summed E-state index contributed by atoms with van der Waals surface area (Å²) in [5.41, 5.74) is 1.06. The van der Waals surface area contributed by atoms with Crippen LogP contribution in [-0.2, 0) is 16.6 Å². The van der Waals surface area contributed by atoms with E-state index >= 15 is 0 Å². The summed E-state index contributed by atoms with van der Waals surface area (Å²) in [4.78, 5) is 2.21. The summed E-state index contributed by atoms with van der Waals surface area (Å²) in [6, 6.07) is 6.48. The van der Waals surface area contributed by atoms with Gasteiger partial charge in [0.15, 0.2) is 0 Å². The first-order valence-corrected chi connectivity index (χ1v) is 8.52. The van der Waals surface area contributed by atoms with E-state index in [-0.39, 0.29) is 11.1 Å². The van der Waals surface area contributed by atoms with Crippen molar-refractivity contribution < 1.29 is 12.8 Å². The Morgan fingerprint density at radius 3 is 2.20 bits per heavy atom. The van der Waals surface area contributed by atoms with Gasteiger partial charge < -0.3 is 0 Å². The molecule has 1 aliphatic heterocycles. The average Bonchev–Trinajstić information content (AvgIpc) is 3.27. The smallest absolute Gasteiger partial charge is 0.217 e. The van der Waals surface area contributed by atoms with Gasteiger partial charge in [-0.1, -0.05) is 12.1 Å². The maximum atomic E-state index is 12.8. The van der Waals surface area contributed by atoms with Gasteiger partial charge in [-0.3, -0.25) is 4.90 Å². The molecule has 1 heterocycles. The summed E-state index contributed by atoms with van der Waals surface area (Å²) < 4.78 is 38.7. The van der Waals surface area contributed by atoms with Crippen LogP contribution in [0.15, 0.2) is 24.3 Å². The van der Waals surface area contributed by atoms with Crippen molar-refractivity contribution in [1.29, 1.82) is 0 Å². The second-order valence-electron chi connectivity index (χ2n) is 5.55. The fraction of sp³-hybridized carbons (Fsp3) is 0.571. The molecule has 0 spiro atoms. The number of halogens is 1. The minimum absolute atomic E-state index is 0.119. The first-order chi connectivity index (χ1) is 9.55. The topological polar surface area (TPSA) is 40.6 Å². The summed E-state index contributed by atoms with van der Waals surface area (Å²) in [6.07, 6.45) is 1.64. The Bertz CT molecular complexity index is 561. The third-order valence-corrected chi connectivity index (χ3v) is 6.36. The third-order valence-electron chi connectivity index (χ3n) is 3.96. The summed E-state index contributed by atoms with van der Waals surface area (Å²) >= 11 is 0. The van der Waals surface area contributed by atoms with Crippen LogP contribution in [-0.4, -0.2) is 49.1 Å². The van der Waals surface area contributed by atoms with Crippen LogP contribution in [0.4, 0.5) is 4.39 Å². The molecule has 20 heavy (non-hydrogen) atoms. The number of nitrogens with zero attached hydrogens (tertiary/aromatic N) is 2. The lowest BCUT2D eigenvalue weighted by Gasteiger charge is -2.34. The maximum Gasteiger partial charge on any atom is 0.217 e. The Morgan fingerprint density at radius 1 is 1.05 bits per heavy atom. The van der Waals surface area contributed by atoms with Gasteiger partial charge in [-0.15, -0.1) is 0 Å². The van der Waals surface area contributed by atoms with Crippen molar-refractivity contribution in [2.45, 2.75) is 24.6 Å². The van der Waals surface area contributed by atoms with E-state index in [4.69, 9.17) is 0 Å². The lowest BCUT2D eigenvalue weighted by atomic mass is 10.2. The molecular weight excluding hydrogens is 279 g/mol. The number of hydrogen-bond donors (Lipinski definition) is 0. The van der Waals surface area contributed by atoms with Crippen LogP contribution in [0.2, 0.25) is 0 Å². The molecule has 0 unspecified atom stereocenters. The highest BCUT2D eigenvalue weighted by molar-refractivity contribution is 7.90. The minimum atomic E-state index is -3.03. The quantitative estimate of drug-likeness (QED) is 0.844. The largest absolute Gasteiger partial charge is 0.296 e. The molecule has 1 aromatic carbocycles. The van der Waals surface area contributed by atoms with Gasteiger partial charge >= 0.3 is 0 Å². The van der Waals surface area contributed by atoms with Gasteiger partial charge in [0.05, 0.1) is 5.25 Å². The fourth-order valence-electron chi connectivity index (χ4n) is 2.57. The Kier molecular flexibility index (Phi) is 3.79. The summed E-state index contributed by atoms with van der Waals surface area (Å²) in [6.45, 7) is 3.37. The molecule has 3 rings (SSSR count). The van der Waals surface area contributed by atoms with Crippen LogP contribution in [0.25, 0.3) is 0 Å². The molecule has 0 radical (unpaired) electrons. The van der Waals surface area contributed by atoms with Crippen LogP contribution in [0.3, 0.4) is 0 Å². The average molecular weight is 298 g/mol. The van der Waals surface area contributed by atoms with Gasteiger partial charge in [-0.25, -0.2) is 12.8 Å². The molecule has 0 N–H and O–H groups in total. The van der Waals surface area contributed by atoms with E-state index < -0.39 is 10.0 Å². The van der Waals surface area contributed by atoms with Crippen LogP contribution >= 0.6 is 0 Å². The number of benzene rings is 1. The molecule has 0 amide bonds. The zero-order valence-electron chi connectivity index (χ0n) is 11.3. The summed E-state index contributed by atoms with van der Waals surface area (Å²) in [5.74, 6) is -0.228. The number of sulfonamides is 1. The highest BCUT2D eigenvalue weighted by Crippen LogP contribution is 2.31. The zero-order valence-corrected chi connectivity index (χ0v) is 12.2. The van der Waals surface area contributed by atoms with Crippen molar-refractivity contribution in [3.63, 3.8) is 0 Å². The second-order valence-corrected chi connectivity index (χ2v) is 7.76. The first kappa shape index (κ1) is 14.0. The lowest BCUT2D eigenvalue weighted by molar-refractivity contribution is 0.181. The van der Waals surface area contributed by atoms with Crippen LogP contribution in [0, 0.1) is 5.82 Å². The normalized spacial score (nSPS) is 22.1. The molecule has 0 atom stereocenters. The van der Waals surface area contributed by atoms with E-state index in [9.17, 15) is 12.8 Å². The van der Waals surface area contributed by atoms with E-state index in [0.717, 1.165) is 38.0 Å². The van der Waals surface area contributed by atoms with Crippen LogP contribution in [0.1, 0.15) is 18.4 Å². The van der Waals surface area contributed by atoms with Gasteiger partial charge in [0.25, 0.3) is 0 Å². The molecule has 1 aliphatic carbocycles. The summed E-state index contributed by atoms with van der Waals surface area (Å²) in [5, 5.41) is -0.119. The predicted octanol–water partition coefficient (Wildman–Crippen LogP) is 1.44. The molecule has 2 aliphatic rings. The molecular formula is C14H19FN2O2S. The van der Waals surface area contributed by atoms with Gasteiger partial charge in [-0.05, 0) is 30.5 Å². The Hall–Kier alpha value is -0.980. The molecule has 1 aromatic rings. The van der Waals surface area contributed by atoms with Gasteiger partial charge in [0, 0.05) is 32.7 Å². The highest BCUT2D eigenvalue weighted by Gasteiger charge is 2.40. The van der Waals surface area contributed by atoms with E-state index in [1.54, 1.807) is 16.4 Å². The van der Waals surface area contributed by atoms with E-state index in [0.29, 0.717) is 13.1 Å². The van der Waals surface area contributed by atoms with Crippen molar-refractivity contribution in [2.24, 2.45) is 0 Å². The molecule has 0 bridgehead atoms. The molecule has 110 valence electrons. The molecule has 6 heteroatoms. The van der Waals surface area contributed by atoms with Crippen molar-refractivity contribution in [3.05, 3.63) is 35.6 Å². The van der Waals surface area contributed by atoms with Crippen molar-refractivity contribution in [1.82, 2.24) is 9.21 Å². The highest BCUT2D eigenvalue weighted by atomic mass is 32.2. The number of hydrogen-bond acceptors (Lipinski definition) is 3. The molecule has 1 saturated carbocycles. The van der Waals surface area contributed by atoms with Crippen molar-refractivity contribution >= 4 is 10.0 Å². The van der Waals surface area contributed by atoms with Gasteiger partial charge in [0.1, 0.15) is 5.82 Å².